The van der Waals surface area contributed by atoms with E-state index in [0.29, 0.717) is 11.7 Å². The van der Waals surface area contributed by atoms with E-state index in [1.165, 1.54) is 6.33 Å². The van der Waals surface area contributed by atoms with Crippen molar-refractivity contribution in [2.75, 3.05) is 5.32 Å². The maximum absolute atomic E-state index is 6.04. The monoisotopic (exact) mass is 252 g/mol. The van der Waals surface area contributed by atoms with Crippen molar-refractivity contribution in [3.05, 3.63) is 35.1 Å². The number of halogens is 1. The fourth-order valence-corrected chi connectivity index (χ4v) is 1.75. The molecule has 0 bridgehead atoms. The Labute approximate surface area is 104 Å². The van der Waals surface area contributed by atoms with E-state index in [9.17, 15) is 0 Å². The highest BCUT2D eigenvalue weighted by atomic mass is 35.5. The molecule has 0 atom stereocenters. The van der Waals surface area contributed by atoms with E-state index in [1.807, 2.05) is 0 Å². The van der Waals surface area contributed by atoms with Crippen molar-refractivity contribution in [3.8, 4) is 0 Å². The Morgan fingerprint density at radius 1 is 1.41 bits per heavy atom. The number of hydrogen-bond acceptors (Lipinski definition) is 5. The predicted molar refractivity (Wildman–Crippen MR) is 64.9 cm³/mol. The Bertz CT molecular complexity index is 472. The number of nitrogens with zero attached hydrogens (tertiary/aromatic N) is 3. The van der Waals surface area contributed by atoms with Crippen LogP contribution < -0.4 is 5.32 Å². The van der Waals surface area contributed by atoms with Gasteiger partial charge in [0.2, 0.25) is 0 Å². The lowest BCUT2D eigenvalue weighted by Crippen LogP contribution is -2.05. The summed E-state index contributed by atoms with van der Waals surface area (Å²) in [6.45, 7) is 2.62. The minimum atomic E-state index is 0.502. The first-order valence-corrected chi connectivity index (χ1v) is 5.82. The Kier molecular flexibility index (Phi) is 3.93. The molecule has 0 spiro atoms. The summed E-state index contributed by atoms with van der Waals surface area (Å²) in [4.78, 5) is 8.17. The average Bonchev–Trinajstić information content (AvgIpc) is 2.83. The summed E-state index contributed by atoms with van der Waals surface area (Å²) in [7, 11) is 0. The third-order valence-corrected chi connectivity index (χ3v) is 2.64. The molecule has 0 aliphatic carbocycles. The minimum absolute atomic E-state index is 0.502. The smallest absolute Gasteiger partial charge is 0.155 e. The maximum Gasteiger partial charge on any atom is 0.155 e. The molecule has 2 aromatic rings. The maximum atomic E-state index is 6.04. The van der Waals surface area contributed by atoms with Crippen LogP contribution in [0.4, 0.5) is 5.82 Å². The summed E-state index contributed by atoms with van der Waals surface area (Å²) in [5.74, 6) is 1.51. The summed E-state index contributed by atoms with van der Waals surface area (Å²) < 4.78 is 5.00. The number of anilines is 1. The van der Waals surface area contributed by atoms with Crippen LogP contribution in [0.25, 0.3) is 0 Å². The molecule has 2 aromatic heterocycles. The zero-order chi connectivity index (χ0) is 12.1. The quantitative estimate of drug-likeness (QED) is 0.829. The molecule has 0 aromatic carbocycles. The van der Waals surface area contributed by atoms with E-state index in [-0.39, 0.29) is 0 Å². The van der Waals surface area contributed by atoms with Crippen LogP contribution in [0.5, 0.6) is 0 Å². The Balaban J connectivity index is 2.11. The van der Waals surface area contributed by atoms with E-state index in [1.54, 1.807) is 12.3 Å². The molecule has 0 aliphatic rings. The second kappa shape index (κ2) is 5.63. The summed E-state index contributed by atoms with van der Waals surface area (Å²) in [6, 6.07) is 1.80. The fraction of sp³-hybridized carbons (Fsp3) is 0.364. The van der Waals surface area contributed by atoms with Crippen molar-refractivity contribution in [1.29, 1.82) is 0 Å². The van der Waals surface area contributed by atoms with Crippen LogP contribution in [0.1, 0.15) is 24.7 Å². The van der Waals surface area contributed by atoms with Crippen molar-refractivity contribution in [2.24, 2.45) is 0 Å². The molecular weight excluding hydrogens is 240 g/mol. The summed E-state index contributed by atoms with van der Waals surface area (Å²) >= 11 is 6.04. The molecule has 2 rings (SSSR count). The lowest BCUT2D eigenvalue weighted by molar-refractivity contribution is 0.388. The van der Waals surface area contributed by atoms with Crippen LogP contribution in [0.3, 0.4) is 0 Å². The van der Waals surface area contributed by atoms with Gasteiger partial charge in [0.25, 0.3) is 0 Å². The molecule has 0 amide bonds. The molecule has 90 valence electrons. The Hall–Kier alpha value is -1.62. The lowest BCUT2D eigenvalue weighted by Gasteiger charge is -2.09. The summed E-state index contributed by atoms with van der Waals surface area (Å²) in [6.07, 6.45) is 4.89. The largest absolute Gasteiger partial charge is 0.362 e. The van der Waals surface area contributed by atoms with Gasteiger partial charge in [0, 0.05) is 11.6 Å². The molecule has 0 radical (unpaired) electrons. The predicted octanol–water partition coefficient (Wildman–Crippen LogP) is 2.68. The Morgan fingerprint density at radius 2 is 2.29 bits per heavy atom. The third-order valence-electron chi connectivity index (χ3n) is 2.31. The topological polar surface area (TPSA) is 63.8 Å². The fourth-order valence-electron chi connectivity index (χ4n) is 1.52. The second-order valence-corrected chi connectivity index (χ2v) is 3.93. The van der Waals surface area contributed by atoms with Crippen LogP contribution >= 0.6 is 11.6 Å². The standard InChI is InChI=1S/C11H13ClN4O/c1-2-3-9-10(12)14-7-15-11(9)13-6-8-4-5-16-17-8/h4-5,7H,2-3,6H2,1H3,(H,13,14,15). The number of hydrogen-bond donors (Lipinski definition) is 1. The minimum Gasteiger partial charge on any atom is -0.362 e. The van der Waals surface area contributed by atoms with Crippen LogP contribution in [0.15, 0.2) is 23.1 Å². The van der Waals surface area contributed by atoms with Gasteiger partial charge in [0.15, 0.2) is 5.76 Å². The van der Waals surface area contributed by atoms with E-state index in [0.717, 1.165) is 30.0 Å². The molecular formula is C11H13ClN4O. The number of rotatable bonds is 5. The van der Waals surface area contributed by atoms with Crippen molar-refractivity contribution in [3.63, 3.8) is 0 Å². The lowest BCUT2D eigenvalue weighted by atomic mass is 10.2. The Morgan fingerprint density at radius 3 is 3.00 bits per heavy atom. The van der Waals surface area contributed by atoms with Gasteiger partial charge in [-0.3, -0.25) is 0 Å². The molecule has 0 aliphatic heterocycles. The van der Waals surface area contributed by atoms with Gasteiger partial charge in [-0.15, -0.1) is 0 Å². The van der Waals surface area contributed by atoms with Crippen LogP contribution in [-0.4, -0.2) is 15.1 Å². The van der Waals surface area contributed by atoms with Gasteiger partial charge in [-0.1, -0.05) is 30.1 Å². The molecule has 6 heteroatoms. The van der Waals surface area contributed by atoms with Crippen LogP contribution in [-0.2, 0) is 13.0 Å². The first-order valence-electron chi connectivity index (χ1n) is 5.44. The highest BCUT2D eigenvalue weighted by molar-refractivity contribution is 6.30. The zero-order valence-electron chi connectivity index (χ0n) is 9.48. The highest BCUT2D eigenvalue weighted by Gasteiger charge is 2.09. The van der Waals surface area contributed by atoms with Crippen molar-refractivity contribution >= 4 is 17.4 Å². The number of aromatic nitrogens is 3. The van der Waals surface area contributed by atoms with Crippen LogP contribution in [0, 0.1) is 0 Å². The molecule has 5 nitrogen and oxygen atoms in total. The van der Waals surface area contributed by atoms with Gasteiger partial charge < -0.3 is 9.84 Å². The van der Waals surface area contributed by atoms with Gasteiger partial charge in [0.1, 0.15) is 17.3 Å². The summed E-state index contributed by atoms with van der Waals surface area (Å²) in [5, 5.41) is 7.31. The van der Waals surface area contributed by atoms with Gasteiger partial charge in [0.05, 0.1) is 12.7 Å². The van der Waals surface area contributed by atoms with E-state index < -0.39 is 0 Å². The van der Waals surface area contributed by atoms with Crippen molar-refractivity contribution in [1.82, 2.24) is 15.1 Å². The van der Waals surface area contributed by atoms with Crippen molar-refractivity contribution < 1.29 is 4.52 Å². The first-order chi connectivity index (χ1) is 8.31. The normalized spacial score (nSPS) is 10.5. The molecule has 0 fully saturated rings. The molecule has 1 N–H and O–H groups in total. The molecule has 2 heterocycles. The molecule has 0 unspecified atom stereocenters. The van der Waals surface area contributed by atoms with Gasteiger partial charge in [-0.05, 0) is 6.42 Å². The third kappa shape index (κ3) is 2.94. The van der Waals surface area contributed by atoms with E-state index in [2.05, 4.69) is 27.4 Å². The van der Waals surface area contributed by atoms with Gasteiger partial charge in [-0.25, -0.2) is 9.97 Å². The molecule has 0 saturated heterocycles. The summed E-state index contributed by atoms with van der Waals surface area (Å²) in [5.41, 5.74) is 0.941. The highest BCUT2D eigenvalue weighted by Crippen LogP contribution is 2.21. The van der Waals surface area contributed by atoms with Crippen molar-refractivity contribution in [2.45, 2.75) is 26.3 Å². The van der Waals surface area contributed by atoms with E-state index in [4.69, 9.17) is 16.1 Å². The van der Waals surface area contributed by atoms with Gasteiger partial charge >= 0.3 is 0 Å². The SMILES string of the molecule is CCCc1c(Cl)ncnc1NCc1ccno1. The molecule has 17 heavy (non-hydrogen) atoms. The molecule has 0 saturated carbocycles. The van der Waals surface area contributed by atoms with Gasteiger partial charge in [-0.2, -0.15) is 0 Å². The van der Waals surface area contributed by atoms with Crippen LogP contribution in [0.2, 0.25) is 5.15 Å². The number of nitrogens with one attached hydrogen (secondary N) is 1. The second-order valence-electron chi connectivity index (χ2n) is 3.57. The first kappa shape index (κ1) is 11.9. The van der Waals surface area contributed by atoms with E-state index >= 15 is 0 Å². The zero-order valence-corrected chi connectivity index (χ0v) is 10.2. The average molecular weight is 253 g/mol.